The summed E-state index contributed by atoms with van der Waals surface area (Å²) in [6.07, 6.45) is -4.37. The molecule has 2 aromatic heterocycles. The first-order valence-electron chi connectivity index (χ1n) is 16.6. The maximum Gasteiger partial charge on any atom is 0.418 e. The monoisotopic (exact) mass is 705 g/mol. The normalized spacial score (nSPS) is 25.1. The molecule has 0 aliphatic carbocycles. The highest BCUT2D eigenvalue weighted by Gasteiger charge is 2.50. The minimum absolute atomic E-state index is 0.0150. The summed E-state index contributed by atoms with van der Waals surface area (Å²) in [5.74, 6) is -3.01. The molecule has 6 heterocycles. The van der Waals surface area contributed by atoms with Gasteiger partial charge in [-0.05, 0) is 56.4 Å². The lowest BCUT2D eigenvalue weighted by Crippen LogP contribution is -2.60. The van der Waals surface area contributed by atoms with Gasteiger partial charge in [0.15, 0.2) is 5.82 Å². The van der Waals surface area contributed by atoms with E-state index in [2.05, 4.69) is 21.5 Å². The van der Waals surface area contributed by atoms with Gasteiger partial charge < -0.3 is 25.0 Å². The number of benzene rings is 1. The van der Waals surface area contributed by atoms with Crippen LogP contribution in [0.15, 0.2) is 12.6 Å². The Balaban J connectivity index is 1.46. The van der Waals surface area contributed by atoms with Crippen LogP contribution in [0.5, 0.6) is 6.01 Å². The van der Waals surface area contributed by atoms with E-state index >= 15 is 8.78 Å². The van der Waals surface area contributed by atoms with E-state index in [1.165, 1.54) is 7.11 Å². The Labute approximate surface area is 284 Å². The van der Waals surface area contributed by atoms with Crippen molar-refractivity contribution in [2.24, 2.45) is 0 Å². The van der Waals surface area contributed by atoms with Gasteiger partial charge in [-0.2, -0.15) is 23.1 Å². The molecule has 3 saturated heterocycles. The molecule has 1 aromatic carbocycles. The summed E-state index contributed by atoms with van der Waals surface area (Å²) < 4.78 is 103. The second-order valence-corrected chi connectivity index (χ2v) is 13.7. The van der Waals surface area contributed by atoms with E-state index in [-0.39, 0.29) is 84.9 Å². The van der Waals surface area contributed by atoms with Crippen molar-refractivity contribution in [3.8, 4) is 17.3 Å². The quantitative estimate of drug-likeness (QED) is 0.307. The Morgan fingerprint density at radius 3 is 2.60 bits per heavy atom. The number of halogens is 6. The Hall–Kier alpha value is -4.34. The van der Waals surface area contributed by atoms with E-state index in [9.17, 15) is 22.4 Å². The van der Waals surface area contributed by atoms with Crippen molar-refractivity contribution in [2.75, 3.05) is 50.5 Å². The van der Waals surface area contributed by atoms with Crippen molar-refractivity contribution in [2.45, 2.75) is 75.9 Å². The number of anilines is 2. The molecule has 1 amide bonds. The molecule has 0 saturated carbocycles. The Morgan fingerprint density at radius 1 is 1.14 bits per heavy atom. The highest BCUT2D eigenvalue weighted by Crippen LogP contribution is 2.49. The minimum Gasteiger partial charge on any atom is -0.461 e. The van der Waals surface area contributed by atoms with Crippen molar-refractivity contribution in [3.05, 3.63) is 41.0 Å². The molecule has 0 bridgehead atoms. The van der Waals surface area contributed by atoms with Crippen molar-refractivity contribution in [3.63, 3.8) is 0 Å². The number of pyridine rings is 1. The first kappa shape index (κ1) is 34.1. The fourth-order valence-electron chi connectivity index (χ4n) is 8.42. The lowest BCUT2D eigenvalue weighted by molar-refractivity contribution is -0.137. The van der Waals surface area contributed by atoms with E-state index in [1.54, 1.807) is 4.90 Å². The van der Waals surface area contributed by atoms with E-state index in [1.807, 2.05) is 16.7 Å². The molecule has 4 aliphatic heterocycles. The Morgan fingerprint density at radius 2 is 1.90 bits per heavy atom. The van der Waals surface area contributed by atoms with Gasteiger partial charge in [0.2, 0.25) is 0 Å². The molecular formula is C34H37F6N7O3. The third-order valence-corrected chi connectivity index (χ3v) is 10.7. The highest BCUT2D eigenvalue weighted by molar-refractivity contribution is 6.04. The lowest BCUT2D eigenvalue weighted by Gasteiger charge is -2.45. The molecule has 7 rings (SSSR count). The molecule has 0 spiro atoms. The van der Waals surface area contributed by atoms with Crippen LogP contribution in [-0.4, -0.2) is 94.5 Å². The number of fused-ring (bicyclic) bond motifs is 3. The van der Waals surface area contributed by atoms with Crippen LogP contribution in [0.1, 0.15) is 55.7 Å². The predicted octanol–water partition coefficient (Wildman–Crippen LogP) is 6.29. The number of piperazine rings is 1. The number of nitrogens with zero attached hydrogens (tertiary/aromatic N) is 6. The number of methoxy groups -OCH3 is 1. The van der Waals surface area contributed by atoms with Crippen LogP contribution in [0.4, 0.5) is 42.8 Å². The van der Waals surface area contributed by atoms with Crippen molar-refractivity contribution >= 4 is 34.2 Å². The molecule has 3 aromatic rings. The van der Waals surface area contributed by atoms with Crippen molar-refractivity contribution in [1.82, 2.24) is 24.8 Å². The number of carbonyl (C=O) groups is 1. The zero-order chi connectivity index (χ0) is 35.9. The smallest absolute Gasteiger partial charge is 0.418 e. The maximum atomic E-state index is 17.0. The number of carbonyl (C=O) groups excluding carboxylic acids is 1. The molecular weight excluding hydrogens is 668 g/mol. The molecule has 50 heavy (non-hydrogen) atoms. The van der Waals surface area contributed by atoms with Crippen molar-refractivity contribution < 1.29 is 40.6 Å². The zero-order valence-corrected chi connectivity index (χ0v) is 27.8. The molecule has 10 nitrogen and oxygen atoms in total. The van der Waals surface area contributed by atoms with E-state index in [4.69, 9.17) is 15.2 Å². The summed E-state index contributed by atoms with van der Waals surface area (Å²) in [4.78, 5) is 31.1. The van der Waals surface area contributed by atoms with Gasteiger partial charge in [0.1, 0.15) is 35.7 Å². The summed E-state index contributed by atoms with van der Waals surface area (Å²) in [6, 6.07) is -0.259. The molecule has 0 radical (unpaired) electrons. The Kier molecular flexibility index (Phi) is 8.30. The lowest BCUT2D eigenvalue weighted by atomic mass is 9.91. The first-order chi connectivity index (χ1) is 23.7. The van der Waals surface area contributed by atoms with Crippen LogP contribution in [0.3, 0.4) is 0 Å². The third-order valence-electron chi connectivity index (χ3n) is 10.7. The Bertz CT molecular complexity index is 1910. The summed E-state index contributed by atoms with van der Waals surface area (Å²) in [6.45, 7) is 8.33. The number of nitrogen functional groups attached to an aromatic ring is 1. The van der Waals surface area contributed by atoms with Crippen LogP contribution < -0.4 is 15.4 Å². The second-order valence-electron chi connectivity index (χ2n) is 13.7. The molecule has 4 atom stereocenters. The van der Waals surface area contributed by atoms with Gasteiger partial charge in [-0.15, -0.1) is 0 Å². The average molecular weight is 706 g/mol. The summed E-state index contributed by atoms with van der Waals surface area (Å²) in [7, 11) is 1.27. The molecule has 268 valence electrons. The number of aromatic nitrogens is 3. The van der Waals surface area contributed by atoms with Gasteiger partial charge in [-0.3, -0.25) is 4.90 Å². The van der Waals surface area contributed by atoms with E-state index in [0.29, 0.717) is 19.4 Å². The molecule has 16 heteroatoms. The van der Waals surface area contributed by atoms with Gasteiger partial charge >= 0.3 is 18.3 Å². The number of alkyl halides is 4. The van der Waals surface area contributed by atoms with E-state index < -0.39 is 64.0 Å². The average Bonchev–Trinajstić information content (AvgIpc) is 3.53. The van der Waals surface area contributed by atoms with Gasteiger partial charge in [-0.25, -0.2) is 22.9 Å². The number of aryl methyl sites for hydroxylation is 1. The van der Waals surface area contributed by atoms with Crippen LogP contribution in [0, 0.1) is 18.6 Å². The van der Waals surface area contributed by atoms with Crippen LogP contribution >= 0.6 is 0 Å². The molecule has 4 aliphatic rings. The summed E-state index contributed by atoms with van der Waals surface area (Å²) in [5, 5.41) is -0.0931. The summed E-state index contributed by atoms with van der Waals surface area (Å²) in [5.41, 5.74) is 0.790. The fraction of sp³-hybridized carbons (Fsp3) is 0.529. The highest BCUT2D eigenvalue weighted by atomic mass is 19.4. The zero-order valence-electron chi connectivity index (χ0n) is 27.8. The molecule has 3 fully saturated rings. The second kappa shape index (κ2) is 12.2. The fourth-order valence-corrected chi connectivity index (χ4v) is 8.42. The number of hydrogen-bond acceptors (Lipinski definition) is 9. The number of ether oxygens (including phenoxy) is 2. The SMILES string of the molecule is C=C1C[C@@H]2CN(C(=O)OC)[C@H](CC)CN2c2nc(OC[C@@]34CCCN3C[C@H](F)C4)nc3c(F)c(-c4nc(N)cc(C)c4C(F)(F)F)c(F)c1c23. The van der Waals surface area contributed by atoms with Gasteiger partial charge in [0.25, 0.3) is 0 Å². The minimum atomic E-state index is -5.04. The van der Waals surface area contributed by atoms with E-state index in [0.717, 1.165) is 19.4 Å². The number of rotatable bonds is 5. The van der Waals surface area contributed by atoms with Gasteiger partial charge in [-0.1, -0.05) is 13.5 Å². The van der Waals surface area contributed by atoms with Crippen LogP contribution in [0.2, 0.25) is 0 Å². The largest absolute Gasteiger partial charge is 0.461 e. The number of nitrogens with two attached hydrogens (primary N) is 1. The van der Waals surface area contributed by atoms with Crippen LogP contribution in [-0.2, 0) is 10.9 Å². The molecule has 2 N–H and O–H groups in total. The first-order valence-corrected chi connectivity index (χ1v) is 16.6. The topological polar surface area (TPSA) is 110 Å². The van der Waals surface area contributed by atoms with Gasteiger partial charge in [0.05, 0.1) is 46.9 Å². The van der Waals surface area contributed by atoms with Crippen LogP contribution in [0.25, 0.3) is 27.7 Å². The predicted molar refractivity (Wildman–Crippen MR) is 173 cm³/mol. The standard InChI is InChI=1S/C34H37F6N7O3/c1-5-19-13-46-20(14-47(19)32(48)49-4)9-16(2)22-23-29(27(37)24(26(22)36)28-25(34(38,39)40)17(3)10-21(41)42-28)43-31(44-30(23)46)50-15-33-7-6-8-45(33)12-18(35)11-33/h10,18-20H,2,5-9,11-15H2,1,3-4H3,(H2,41,42)/t18-,19-,20-,33+/m1/s1. The number of hydrogen-bond donors (Lipinski definition) is 1. The number of amides is 1. The molecule has 0 unspecified atom stereocenters. The summed E-state index contributed by atoms with van der Waals surface area (Å²) >= 11 is 0. The van der Waals surface area contributed by atoms with Crippen molar-refractivity contribution in [1.29, 1.82) is 0 Å². The van der Waals surface area contributed by atoms with Gasteiger partial charge in [0, 0.05) is 31.6 Å². The maximum absolute atomic E-state index is 17.0. The third kappa shape index (κ3) is 5.37.